The summed E-state index contributed by atoms with van der Waals surface area (Å²) in [6.07, 6.45) is 1.64. The van der Waals surface area contributed by atoms with E-state index in [0.29, 0.717) is 28.7 Å². The Bertz CT molecular complexity index is 947. The van der Waals surface area contributed by atoms with Crippen molar-refractivity contribution < 1.29 is 9.32 Å². The van der Waals surface area contributed by atoms with Crippen LogP contribution in [0.3, 0.4) is 0 Å². The molecule has 3 aromatic rings. The predicted octanol–water partition coefficient (Wildman–Crippen LogP) is 4.26. The minimum absolute atomic E-state index is 0.209. The van der Waals surface area contributed by atoms with E-state index in [-0.39, 0.29) is 5.91 Å². The number of hydrogen-bond acceptors (Lipinski definition) is 5. The topological polar surface area (TPSA) is 80.9 Å². The Balaban J connectivity index is 2.01. The van der Waals surface area contributed by atoms with Crippen molar-refractivity contribution in [2.75, 3.05) is 5.32 Å². The molecule has 1 N–H and O–H groups in total. The second kappa shape index (κ2) is 7.47. The van der Waals surface area contributed by atoms with Gasteiger partial charge in [-0.25, -0.2) is 4.98 Å². The van der Waals surface area contributed by atoms with Gasteiger partial charge in [0.1, 0.15) is 5.82 Å². The van der Waals surface area contributed by atoms with Gasteiger partial charge < -0.3 is 9.84 Å². The summed E-state index contributed by atoms with van der Waals surface area (Å²) in [5.41, 5.74) is 3.94. The fourth-order valence-corrected chi connectivity index (χ4v) is 2.88. The Morgan fingerprint density at radius 1 is 1.12 bits per heavy atom. The molecule has 0 bridgehead atoms. The summed E-state index contributed by atoms with van der Waals surface area (Å²) in [6, 6.07) is 9.38. The first-order valence-electron chi connectivity index (χ1n) is 8.67. The fourth-order valence-electron chi connectivity index (χ4n) is 2.88. The van der Waals surface area contributed by atoms with Crippen LogP contribution >= 0.6 is 0 Å². The fraction of sp³-hybridized carbons (Fsp3) is 0.300. The van der Waals surface area contributed by atoms with Crippen LogP contribution in [0.25, 0.3) is 11.4 Å². The summed E-state index contributed by atoms with van der Waals surface area (Å²) in [5, 5.41) is 6.99. The van der Waals surface area contributed by atoms with Crippen LogP contribution < -0.4 is 5.32 Å². The molecular formula is C20H22N4O2. The number of amides is 1. The maximum absolute atomic E-state index is 12.7. The van der Waals surface area contributed by atoms with Crippen LogP contribution in [-0.2, 0) is 6.42 Å². The van der Waals surface area contributed by atoms with E-state index in [1.165, 1.54) is 0 Å². The average Bonchev–Trinajstić information content (AvgIpc) is 3.03. The van der Waals surface area contributed by atoms with Crippen LogP contribution in [0.4, 0.5) is 5.82 Å². The molecule has 1 amide bonds. The van der Waals surface area contributed by atoms with Crippen molar-refractivity contribution in [2.24, 2.45) is 0 Å². The van der Waals surface area contributed by atoms with Crippen LogP contribution in [0, 0.1) is 20.8 Å². The molecule has 6 heteroatoms. The van der Waals surface area contributed by atoms with E-state index in [1.807, 2.05) is 45.0 Å². The molecule has 134 valence electrons. The number of carbonyl (C=O) groups is 1. The number of nitrogens with zero attached hydrogens (tertiary/aromatic N) is 3. The Labute approximate surface area is 152 Å². The maximum Gasteiger partial charge on any atom is 0.257 e. The van der Waals surface area contributed by atoms with Crippen molar-refractivity contribution in [3.8, 4) is 11.4 Å². The van der Waals surface area contributed by atoms with Gasteiger partial charge in [-0.05, 0) is 50.5 Å². The molecule has 6 nitrogen and oxygen atoms in total. The predicted molar refractivity (Wildman–Crippen MR) is 100 cm³/mol. The highest BCUT2D eigenvalue weighted by Crippen LogP contribution is 2.29. The summed E-state index contributed by atoms with van der Waals surface area (Å²) in [6.45, 7) is 7.79. The zero-order valence-electron chi connectivity index (χ0n) is 15.5. The van der Waals surface area contributed by atoms with Crippen LogP contribution in [0.15, 0.2) is 34.9 Å². The van der Waals surface area contributed by atoms with Crippen LogP contribution in [0.2, 0.25) is 0 Å². The Morgan fingerprint density at radius 3 is 2.62 bits per heavy atom. The van der Waals surface area contributed by atoms with Gasteiger partial charge in [-0.1, -0.05) is 30.3 Å². The molecule has 0 aliphatic heterocycles. The van der Waals surface area contributed by atoms with E-state index < -0.39 is 0 Å². The molecule has 0 unspecified atom stereocenters. The largest absolute Gasteiger partial charge is 0.339 e. The molecule has 2 heterocycles. The monoisotopic (exact) mass is 350 g/mol. The number of nitrogens with one attached hydrogen (secondary N) is 1. The highest BCUT2D eigenvalue weighted by atomic mass is 16.5. The first-order chi connectivity index (χ1) is 12.5. The van der Waals surface area contributed by atoms with E-state index in [2.05, 4.69) is 27.4 Å². The Morgan fingerprint density at radius 2 is 1.88 bits per heavy atom. The second-order valence-electron chi connectivity index (χ2n) is 6.33. The zero-order valence-corrected chi connectivity index (χ0v) is 15.5. The van der Waals surface area contributed by atoms with Crippen molar-refractivity contribution in [1.29, 1.82) is 0 Å². The Kier molecular flexibility index (Phi) is 5.11. The molecule has 0 aliphatic carbocycles. The number of benzene rings is 1. The third kappa shape index (κ3) is 3.64. The first-order valence-corrected chi connectivity index (χ1v) is 8.67. The highest BCUT2D eigenvalue weighted by molar-refractivity contribution is 6.06. The van der Waals surface area contributed by atoms with Gasteiger partial charge in [0.25, 0.3) is 5.91 Å². The molecule has 0 fully saturated rings. The van der Waals surface area contributed by atoms with Gasteiger partial charge >= 0.3 is 0 Å². The van der Waals surface area contributed by atoms with E-state index in [4.69, 9.17) is 4.52 Å². The number of aryl methyl sites for hydroxylation is 4. The lowest BCUT2D eigenvalue weighted by Crippen LogP contribution is -2.16. The van der Waals surface area contributed by atoms with Crippen LogP contribution in [0.5, 0.6) is 0 Å². The molecule has 0 radical (unpaired) electrons. The molecule has 0 atom stereocenters. The number of anilines is 1. The van der Waals surface area contributed by atoms with E-state index in [0.717, 1.165) is 29.7 Å². The lowest BCUT2D eigenvalue weighted by Gasteiger charge is -2.12. The lowest BCUT2D eigenvalue weighted by molar-refractivity contribution is 0.102. The number of pyridine rings is 1. The standard InChI is InChI=1S/C20H22N4O2/c1-5-8-16-22-19(24-26-16)17-13(3)11-14(4)21-18(17)23-20(25)15-10-7-6-9-12(15)2/h6-7,9-11H,5,8H2,1-4H3,(H,21,23,25). The molecule has 0 saturated heterocycles. The number of rotatable bonds is 5. The van der Waals surface area contributed by atoms with Gasteiger partial charge in [0.15, 0.2) is 0 Å². The third-order valence-electron chi connectivity index (χ3n) is 4.12. The molecule has 0 spiro atoms. The quantitative estimate of drug-likeness (QED) is 0.743. The minimum atomic E-state index is -0.209. The highest BCUT2D eigenvalue weighted by Gasteiger charge is 2.19. The maximum atomic E-state index is 12.7. The molecule has 1 aromatic carbocycles. The summed E-state index contributed by atoms with van der Waals surface area (Å²) in [4.78, 5) is 21.7. The third-order valence-corrected chi connectivity index (χ3v) is 4.12. The average molecular weight is 350 g/mol. The van der Waals surface area contributed by atoms with Gasteiger partial charge in [0.2, 0.25) is 11.7 Å². The van der Waals surface area contributed by atoms with Gasteiger partial charge in [0, 0.05) is 17.7 Å². The van der Waals surface area contributed by atoms with E-state index in [9.17, 15) is 4.79 Å². The first kappa shape index (κ1) is 17.8. The van der Waals surface area contributed by atoms with Crippen molar-refractivity contribution in [2.45, 2.75) is 40.5 Å². The van der Waals surface area contributed by atoms with Crippen LogP contribution in [0.1, 0.15) is 46.4 Å². The van der Waals surface area contributed by atoms with Gasteiger partial charge in [-0.15, -0.1) is 0 Å². The van der Waals surface area contributed by atoms with Crippen LogP contribution in [-0.4, -0.2) is 21.0 Å². The van der Waals surface area contributed by atoms with Gasteiger partial charge in [-0.2, -0.15) is 4.98 Å². The number of hydrogen-bond donors (Lipinski definition) is 1. The smallest absolute Gasteiger partial charge is 0.257 e. The van der Waals surface area contributed by atoms with Crippen molar-refractivity contribution >= 4 is 11.7 Å². The van der Waals surface area contributed by atoms with Gasteiger partial charge in [0.05, 0.1) is 5.56 Å². The molecule has 0 saturated carbocycles. The molecular weight excluding hydrogens is 328 g/mol. The van der Waals surface area contributed by atoms with Crippen molar-refractivity contribution in [1.82, 2.24) is 15.1 Å². The molecule has 26 heavy (non-hydrogen) atoms. The lowest BCUT2D eigenvalue weighted by atomic mass is 10.1. The van der Waals surface area contributed by atoms with Crippen molar-refractivity contribution in [3.63, 3.8) is 0 Å². The second-order valence-corrected chi connectivity index (χ2v) is 6.33. The van der Waals surface area contributed by atoms with Crippen molar-refractivity contribution in [3.05, 3.63) is 58.6 Å². The Hall–Kier alpha value is -3.02. The van der Waals surface area contributed by atoms with E-state index >= 15 is 0 Å². The minimum Gasteiger partial charge on any atom is -0.339 e. The summed E-state index contributed by atoms with van der Waals surface area (Å²) < 4.78 is 5.31. The summed E-state index contributed by atoms with van der Waals surface area (Å²) in [7, 11) is 0. The zero-order chi connectivity index (χ0) is 18.7. The normalized spacial score (nSPS) is 10.8. The van der Waals surface area contributed by atoms with Gasteiger partial charge in [-0.3, -0.25) is 4.79 Å². The molecule has 3 rings (SSSR count). The van der Waals surface area contributed by atoms with E-state index in [1.54, 1.807) is 6.07 Å². The number of aromatic nitrogens is 3. The molecule has 0 aliphatic rings. The number of carbonyl (C=O) groups excluding carboxylic acids is 1. The summed E-state index contributed by atoms with van der Waals surface area (Å²) >= 11 is 0. The SMILES string of the molecule is CCCc1nc(-c2c(C)cc(C)nc2NC(=O)c2ccccc2C)no1. The summed E-state index contributed by atoms with van der Waals surface area (Å²) in [5.74, 6) is 1.26. The molecule has 2 aromatic heterocycles.